The summed E-state index contributed by atoms with van der Waals surface area (Å²) in [5.74, 6) is 2.11. The molecule has 1 fully saturated rings. The number of carbonyl (C=O) groups is 1. The summed E-state index contributed by atoms with van der Waals surface area (Å²) in [7, 11) is 3.51. The molecule has 3 heterocycles. The van der Waals surface area contributed by atoms with E-state index in [1.807, 2.05) is 25.4 Å². The maximum Gasteiger partial charge on any atom is 0.242 e. The molecule has 3 aliphatic rings. The number of aromatic nitrogens is 2. The van der Waals surface area contributed by atoms with E-state index in [9.17, 15) is 4.79 Å². The zero-order valence-corrected chi connectivity index (χ0v) is 21.3. The Balaban J connectivity index is 1.29. The van der Waals surface area contributed by atoms with Gasteiger partial charge >= 0.3 is 0 Å². The Morgan fingerprint density at radius 1 is 1.03 bits per heavy atom. The van der Waals surface area contributed by atoms with Gasteiger partial charge in [-0.25, -0.2) is 4.98 Å². The van der Waals surface area contributed by atoms with Crippen LogP contribution in [0.1, 0.15) is 16.7 Å². The average molecular weight is 501 g/mol. The first-order valence-corrected chi connectivity index (χ1v) is 12.8. The molecular formula is C28H32N6O3. The first kappa shape index (κ1) is 23.5. The highest BCUT2D eigenvalue weighted by Gasteiger charge is 2.33. The van der Waals surface area contributed by atoms with Crippen molar-refractivity contribution in [3.8, 4) is 5.75 Å². The second-order valence-corrected chi connectivity index (χ2v) is 9.86. The van der Waals surface area contributed by atoms with E-state index in [1.54, 1.807) is 12.0 Å². The van der Waals surface area contributed by atoms with Gasteiger partial charge in [0.05, 0.1) is 39.1 Å². The molecule has 2 aliphatic heterocycles. The molecule has 0 radical (unpaired) electrons. The number of amides is 1. The van der Waals surface area contributed by atoms with Crippen molar-refractivity contribution >= 4 is 29.0 Å². The van der Waals surface area contributed by atoms with Gasteiger partial charge in [0.1, 0.15) is 11.6 Å². The molecule has 9 nitrogen and oxygen atoms in total. The molecule has 2 aromatic carbocycles. The van der Waals surface area contributed by atoms with Gasteiger partial charge in [0.25, 0.3) is 0 Å². The molecular weight excluding hydrogens is 468 g/mol. The normalized spacial score (nSPS) is 17.9. The van der Waals surface area contributed by atoms with Gasteiger partial charge in [0, 0.05) is 49.7 Å². The van der Waals surface area contributed by atoms with Gasteiger partial charge < -0.3 is 29.5 Å². The fraction of sp³-hybridized carbons (Fsp3) is 0.393. The number of nitrogens with one attached hydrogen (secondary N) is 1. The number of benzene rings is 2. The molecule has 192 valence electrons. The van der Waals surface area contributed by atoms with E-state index in [0.29, 0.717) is 19.0 Å². The van der Waals surface area contributed by atoms with Gasteiger partial charge in [0.2, 0.25) is 11.9 Å². The maximum atomic E-state index is 12.9. The minimum Gasteiger partial charge on any atom is -0.494 e. The summed E-state index contributed by atoms with van der Waals surface area (Å²) in [5, 5.41) is 3.36. The second-order valence-electron chi connectivity index (χ2n) is 9.86. The molecule has 1 aromatic heterocycles. The fourth-order valence-corrected chi connectivity index (χ4v) is 5.48. The average Bonchev–Trinajstić information content (AvgIpc) is 3.32. The van der Waals surface area contributed by atoms with Crippen LogP contribution in [0.25, 0.3) is 0 Å². The SMILES string of the molecule is COc1cc(N2CCOCC2)ccc1Nc1ncc2c(n1)N(C1Cc3ccccc3C1)CC(=O)N(C)C2. The fourth-order valence-electron chi connectivity index (χ4n) is 5.48. The zero-order chi connectivity index (χ0) is 25.4. The lowest BCUT2D eigenvalue weighted by atomic mass is 10.1. The number of hydrogen-bond acceptors (Lipinski definition) is 8. The van der Waals surface area contributed by atoms with E-state index >= 15 is 0 Å². The molecule has 9 heteroatoms. The van der Waals surface area contributed by atoms with E-state index in [2.05, 4.69) is 50.4 Å². The van der Waals surface area contributed by atoms with Crippen LogP contribution in [0.4, 0.5) is 23.1 Å². The number of ether oxygens (including phenoxy) is 2. The molecule has 0 saturated carbocycles. The first-order valence-electron chi connectivity index (χ1n) is 12.8. The van der Waals surface area contributed by atoms with Crippen molar-refractivity contribution in [3.05, 3.63) is 65.4 Å². The first-order chi connectivity index (χ1) is 18.1. The van der Waals surface area contributed by atoms with Gasteiger partial charge in [-0.1, -0.05) is 24.3 Å². The zero-order valence-electron chi connectivity index (χ0n) is 21.3. The number of rotatable bonds is 5. The quantitative estimate of drug-likeness (QED) is 0.573. The van der Waals surface area contributed by atoms with Crippen LogP contribution >= 0.6 is 0 Å². The molecule has 0 spiro atoms. The van der Waals surface area contributed by atoms with Crippen LogP contribution in [-0.2, 0) is 28.9 Å². The third-order valence-corrected chi connectivity index (χ3v) is 7.53. The lowest BCUT2D eigenvalue weighted by Crippen LogP contribution is -2.42. The molecule has 1 saturated heterocycles. The van der Waals surface area contributed by atoms with Crippen molar-refractivity contribution in [2.45, 2.75) is 25.4 Å². The van der Waals surface area contributed by atoms with Crippen molar-refractivity contribution < 1.29 is 14.3 Å². The smallest absolute Gasteiger partial charge is 0.242 e. The number of likely N-dealkylation sites (N-methyl/N-ethyl adjacent to an activating group) is 1. The number of carbonyl (C=O) groups excluding carboxylic acids is 1. The molecule has 1 aliphatic carbocycles. The Morgan fingerprint density at radius 3 is 2.51 bits per heavy atom. The Bertz CT molecular complexity index is 1280. The number of morpholine rings is 1. The van der Waals surface area contributed by atoms with Crippen molar-refractivity contribution in [1.29, 1.82) is 0 Å². The standard InChI is InChI=1S/C28H32N6O3/c1-32-17-21-16-29-28(30-24-8-7-22(15-25(24)36-2)33-9-11-37-12-10-33)31-27(21)34(18-26(32)35)23-13-19-5-3-4-6-20(19)14-23/h3-8,15-16,23H,9-14,17-18H2,1-2H3,(H,29,30,31). The van der Waals surface area contributed by atoms with Gasteiger partial charge in [-0.05, 0) is 36.1 Å². The number of hydrogen-bond donors (Lipinski definition) is 1. The molecule has 37 heavy (non-hydrogen) atoms. The lowest BCUT2D eigenvalue weighted by Gasteiger charge is -2.30. The minimum absolute atomic E-state index is 0.0869. The predicted molar refractivity (Wildman–Crippen MR) is 143 cm³/mol. The summed E-state index contributed by atoms with van der Waals surface area (Å²) < 4.78 is 11.2. The van der Waals surface area contributed by atoms with Gasteiger partial charge in [-0.15, -0.1) is 0 Å². The monoisotopic (exact) mass is 500 g/mol. The van der Waals surface area contributed by atoms with Gasteiger partial charge in [-0.2, -0.15) is 4.98 Å². The highest BCUT2D eigenvalue weighted by atomic mass is 16.5. The Morgan fingerprint density at radius 2 is 1.78 bits per heavy atom. The third kappa shape index (κ3) is 4.67. The van der Waals surface area contributed by atoms with Crippen LogP contribution in [-0.4, -0.2) is 73.8 Å². The van der Waals surface area contributed by atoms with E-state index in [0.717, 1.165) is 67.7 Å². The molecule has 1 amide bonds. The summed E-state index contributed by atoms with van der Waals surface area (Å²) in [5.41, 5.74) is 5.53. The minimum atomic E-state index is 0.0869. The summed E-state index contributed by atoms with van der Waals surface area (Å²) in [6.07, 6.45) is 3.63. The van der Waals surface area contributed by atoms with Crippen molar-refractivity contribution in [3.63, 3.8) is 0 Å². The Kier molecular flexibility index (Phi) is 6.30. The van der Waals surface area contributed by atoms with Crippen molar-refractivity contribution in [2.24, 2.45) is 0 Å². The lowest BCUT2D eigenvalue weighted by molar-refractivity contribution is -0.128. The number of anilines is 4. The summed E-state index contributed by atoms with van der Waals surface area (Å²) >= 11 is 0. The second kappa shape index (κ2) is 9.89. The van der Waals surface area contributed by atoms with Crippen LogP contribution in [0.3, 0.4) is 0 Å². The third-order valence-electron chi connectivity index (χ3n) is 7.53. The molecule has 0 atom stereocenters. The van der Waals surface area contributed by atoms with Crippen LogP contribution in [0.5, 0.6) is 5.75 Å². The largest absolute Gasteiger partial charge is 0.494 e. The van der Waals surface area contributed by atoms with Crippen molar-refractivity contribution in [2.75, 3.05) is 62.1 Å². The Labute approximate surface area is 217 Å². The topological polar surface area (TPSA) is 83.1 Å². The van der Waals surface area contributed by atoms with E-state index < -0.39 is 0 Å². The molecule has 0 bridgehead atoms. The summed E-state index contributed by atoms with van der Waals surface area (Å²) in [6, 6.07) is 14.8. The highest BCUT2D eigenvalue weighted by molar-refractivity contribution is 5.83. The Hall–Kier alpha value is -3.85. The van der Waals surface area contributed by atoms with Crippen LogP contribution in [0.15, 0.2) is 48.7 Å². The van der Waals surface area contributed by atoms with Crippen molar-refractivity contribution in [1.82, 2.24) is 14.9 Å². The van der Waals surface area contributed by atoms with Crippen LogP contribution in [0.2, 0.25) is 0 Å². The molecule has 3 aromatic rings. The molecule has 6 rings (SSSR count). The maximum absolute atomic E-state index is 12.9. The highest BCUT2D eigenvalue weighted by Crippen LogP contribution is 2.35. The number of fused-ring (bicyclic) bond motifs is 2. The molecule has 1 N–H and O–H groups in total. The van der Waals surface area contributed by atoms with Crippen LogP contribution in [0, 0.1) is 0 Å². The van der Waals surface area contributed by atoms with E-state index in [1.165, 1.54) is 11.1 Å². The summed E-state index contributed by atoms with van der Waals surface area (Å²) in [4.78, 5) is 28.7. The van der Waals surface area contributed by atoms with E-state index in [-0.39, 0.29) is 11.9 Å². The van der Waals surface area contributed by atoms with Gasteiger partial charge in [-0.3, -0.25) is 4.79 Å². The molecule has 0 unspecified atom stereocenters. The number of methoxy groups -OCH3 is 1. The van der Waals surface area contributed by atoms with Crippen LogP contribution < -0.4 is 19.9 Å². The van der Waals surface area contributed by atoms with Gasteiger partial charge in [0.15, 0.2) is 0 Å². The predicted octanol–water partition coefficient (Wildman–Crippen LogP) is 3.01. The van der Waals surface area contributed by atoms with E-state index in [4.69, 9.17) is 14.5 Å². The summed E-state index contributed by atoms with van der Waals surface area (Å²) in [6.45, 7) is 3.96. The number of nitrogens with zero attached hydrogens (tertiary/aromatic N) is 5.